The zero-order valence-corrected chi connectivity index (χ0v) is 18.3. The number of pyridine rings is 1. The summed E-state index contributed by atoms with van der Waals surface area (Å²) in [6.45, 7) is 5.43. The van der Waals surface area contributed by atoms with Crippen LogP contribution < -0.4 is 5.56 Å². The van der Waals surface area contributed by atoms with Crippen LogP contribution in [0.25, 0.3) is 0 Å². The van der Waals surface area contributed by atoms with Crippen LogP contribution in [0.2, 0.25) is 0 Å². The van der Waals surface area contributed by atoms with Gasteiger partial charge in [-0.1, -0.05) is 13.8 Å². The molecule has 0 amide bonds. The number of hydrogen-bond acceptors (Lipinski definition) is 7. The molecule has 28 heavy (non-hydrogen) atoms. The van der Waals surface area contributed by atoms with E-state index in [4.69, 9.17) is 0 Å². The van der Waals surface area contributed by atoms with Crippen molar-refractivity contribution in [3.63, 3.8) is 0 Å². The molecule has 0 fully saturated rings. The smallest absolute Gasteiger partial charge is 0.281 e. The first-order chi connectivity index (χ1) is 13.1. The van der Waals surface area contributed by atoms with Crippen molar-refractivity contribution in [3.05, 3.63) is 52.7 Å². The highest BCUT2D eigenvalue weighted by molar-refractivity contribution is 9.11. The molecule has 0 aliphatic carbocycles. The van der Waals surface area contributed by atoms with Gasteiger partial charge in [0.2, 0.25) is 5.88 Å². The normalized spacial score (nSPS) is 11.2. The van der Waals surface area contributed by atoms with E-state index in [1.54, 1.807) is 0 Å². The van der Waals surface area contributed by atoms with E-state index in [0.29, 0.717) is 8.95 Å². The molecular weight excluding hydrogens is 498 g/mol. The highest BCUT2D eigenvalue weighted by Gasteiger charge is 2.20. The molecule has 1 aromatic carbocycles. The Labute approximate surface area is 176 Å². The van der Waals surface area contributed by atoms with Crippen LogP contribution in [-0.4, -0.2) is 14.6 Å². The Morgan fingerprint density at radius 2 is 1.82 bits per heavy atom. The summed E-state index contributed by atoms with van der Waals surface area (Å²) in [4.78, 5) is 23.1. The molecule has 146 valence electrons. The Balaban J connectivity index is 2.66. The lowest BCUT2D eigenvalue weighted by Gasteiger charge is -2.14. The van der Waals surface area contributed by atoms with Crippen LogP contribution in [0.4, 0.5) is 17.1 Å². The zero-order valence-electron chi connectivity index (χ0n) is 15.1. The standard InChI is InChI=1S/C17H15Br2N5O4/c1-8(2)7-23-16(25)11(6-20)9(3)14(17(23)26)21-22-15-12(18)4-10(24(27)28)5-13(15)19/h4-5,8,25H,7H2,1-3H3. The molecule has 0 unspecified atom stereocenters. The van der Waals surface area contributed by atoms with Gasteiger partial charge in [0.1, 0.15) is 17.3 Å². The lowest BCUT2D eigenvalue weighted by Crippen LogP contribution is -2.24. The van der Waals surface area contributed by atoms with Gasteiger partial charge in [0, 0.05) is 24.2 Å². The van der Waals surface area contributed by atoms with Crippen molar-refractivity contribution in [1.29, 1.82) is 5.26 Å². The third-order valence-corrected chi connectivity index (χ3v) is 4.99. The Hall–Kier alpha value is -2.58. The number of nitriles is 1. The fourth-order valence-corrected chi connectivity index (χ4v) is 3.77. The van der Waals surface area contributed by atoms with Gasteiger partial charge in [0.05, 0.1) is 13.9 Å². The summed E-state index contributed by atoms with van der Waals surface area (Å²) in [6, 6.07) is 4.41. The maximum atomic E-state index is 12.8. The summed E-state index contributed by atoms with van der Waals surface area (Å²) in [7, 11) is 0. The summed E-state index contributed by atoms with van der Waals surface area (Å²) >= 11 is 6.40. The van der Waals surface area contributed by atoms with Gasteiger partial charge in [-0.05, 0) is 44.7 Å². The van der Waals surface area contributed by atoms with E-state index in [1.165, 1.54) is 19.1 Å². The molecule has 0 spiro atoms. The molecule has 11 heteroatoms. The highest BCUT2D eigenvalue weighted by Crippen LogP contribution is 2.38. The third kappa shape index (κ3) is 4.28. The number of aromatic hydroxyl groups is 1. The van der Waals surface area contributed by atoms with Gasteiger partial charge in [-0.15, -0.1) is 10.2 Å². The number of aromatic nitrogens is 1. The Morgan fingerprint density at radius 3 is 2.29 bits per heavy atom. The van der Waals surface area contributed by atoms with Crippen LogP contribution in [0, 0.1) is 34.3 Å². The van der Waals surface area contributed by atoms with Crippen molar-refractivity contribution in [1.82, 2.24) is 4.57 Å². The molecule has 0 saturated carbocycles. The third-order valence-electron chi connectivity index (χ3n) is 3.78. The Morgan fingerprint density at radius 1 is 1.29 bits per heavy atom. The number of nitro groups is 1. The SMILES string of the molecule is Cc1c(C#N)c(O)n(CC(C)C)c(=O)c1N=Nc1c(Br)cc([N+](=O)[O-])cc1Br. The first-order valence-corrected chi connectivity index (χ1v) is 9.58. The van der Waals surface area contributed by atoms with Crippen molar-refractivity contribution < 1.29 is 10.0 Å². The lowest BCUT2D eigenvalue weighted by molar-refractivity contribution is -0.385. The molecule has 1 aromatic heterocycles. The van der Waals surface area contributed by atoms with E-state index in [2.05, 4.69) is 42.1 Å². The molecule has 1 N–H and O–H groups in total. The fraction of sp³-hybridized carbons (Fsp3) is 0.294. The van der Waals surface area contributed by atoms with Crippen LogP contribution in [0.3, 0.4) is 0 Å². The predicted octanol–water partition coefficient (Wildman–Crippen LogP) is 5.24. The van der Waals surface area contributed by atoms with Gasteiger partial charge in [0.15, 0.2) is 5.69 Å². The van der Waals surface area contributed by atoms with E-state index in [-0.39, 0.29) is 40.7 Å². The van der Waals surface area contributed by atoms with Crippen molar-refractivity contribution in [2.75, 3.05) is 0 Å². The molecule has 1 heterocycles. The summed E-state index contributed by atoms with van der Waals surface area (Å²) in [5, 5.41) is 38.6. The minimum Gasteiger partial charge on any atom is -0.493 e. The van der Waals surface area contributed by atoms with Crippen molar-refractivity contribution in [3.8, 4) is 11.9 Å². The maximum absolute atomic E-state index is 12.8. The number of hydrogen-bond donors (Lipinski definition) is 1. The van der Waals surface area contributed by atoms with Crippen molar-refractivity contribution in [2.45, 2.75) is 27.3 Å². The minimum absolute atomic E-state index is 0.0422. The van der Waals surface area contributed by atoms with Crippen LogP contribution >= 0.6 is 31.9 Å². The largest absolute Gasteiger partial charge is 0.493 e. The molecule has 0 bridgehead atoms. The summed E-state index contributed by atoms with van der Waals surface area (Å²) in [5.41, 5.74) is -0.442. The quantitative estimate of drug-likeness (QED) is 0.332. The first kappa shape index (κ1) is 21.7. The molecule has 0 aliphatic heterocycles. The number of benzene rings is 1. The van der Waals surface area contributed by atoms with Crippen molar-refractivity contribution in [2.24, 2.45) is 16.1 Å². The minimum atomic E-state index is -0.583. The van der Waals surface area contributed by atoms with Gasteiger partial charge in [-0.2, -0.15) is 5.26 Å². The summed E-state index contributed by atoms with van der Waals surface area (Å²) in [5.74, 6) is -0.365. The highest BCUT2D eigenvalue weighted by atomic mass is 79.9. The predicted molar refractivity (Wildman–Crippen MR) is 109 cm³/mol. The number of halogens is 2. The van der Waals surface area contributed by atoms with E-state index in [9.17, 15) is 25.3 Å². The molecule has 2 aromatic rings. The maximum Gasteiger partial charge on any atom is 0.281 e. The van der Waals surface area contributed by atoms with Gasteiger partial charge < -0.3 is 5.11 Å². The molecule has 9 nitrogen and oxygen atoms in total. The number of non-ortho nitro benzene ring substituents is 1. The zero-order chi connectivity index (χ0) is 21.2. The molecule has 0 aliphatic rings. The summed E-state index contributed by atoms with van der Waals surface area (Å²) < 4.78 is 1.69. The van der Waals surface area contributed by atoms with Crippen LogP contribution in [-0.2, 0) is 6.54 Å². The average molecular weight is 513 g/mol. The summed E-state index contributed by atoms with van der Waals surface area (Å²) in [6.07, 6.45) is 0. The number of nitro benzene ring substituents is 1. The van der Waals surface area contributed by atoms with Gasteiger partial charge in [-0.25, -0.2) is 0 Å². The molecular formula is C17H15Br2N5O4. The van der Waals surface area contributed by atoms with E-state index in [0.717, 1.165) is 4.57 Å². The van der Waals surface area contributed by atoms with Gasteiger partial charge in [0.25, 0.3) is 11.2 Å². The monoisotopic (exact) mass is 511 g/mol. The fourth-order valence-electron chi connectivity index (χ4n) is 2.44. The number of nitrogens with zero attached hydrogens (tertiary/aromatic N) is 5. The van der Waals surface area contributed by atoms with Gasteiger partial charge >= 0.3 is 0 Å². The molecule has 0 atom stereocenters. The van der Waals surface area contributed by atoms with Crippen LogP contribution in [0.5, 0.6) is 5.88 Å². The average Bonchev–Trinajstić information content (AvgIpc) is 2.60. The molecule has 0 radical (unpaired) electrons. The second-order valence-corrected chi connectivity index (χ2v) is 8.02. The Bertz CT molecular complexity index is 1060. The van der Waals surface area contributed by atoms with E-state index >= 15 is 0 Å². The second-order valence-electron chi connectivity index (χ2n) is 6.31. The Kier molecular flexibility index (Phi) is 6.69. The molecule has 2 rings (SSSR count). The van der Waals surface area contributed by atoms with Crippen LogP contribution in [0.1, 0.15) is 25.0 Å². The first-order valence-electron chi connectivity index (χ1n) is 8.00. The molecule has 0 saturated heterocycles. The number of azo groups is 1. The van der Waals surface area contributed by atoms with E-state index in [1.807, 2.05) is 19.9 Å². The van der Waals surface area contributed by atoms with E-state index < -0.39 is 16.4 Å². The number of rotatable bonds is 5. The second kappa shape index (κ2) is 8.62. The lowest BCUT2D eigenvalue weighted by atomic mass is 10.1. The topological polar surface area (TPSA) is 134 Å². The van der Waals surface area contributed by atoms with Gasteiger partial charge in [-0.3, -0.25) is 19.5 Å². The van der Waals surface area contributed by atoms with Crippen LogP contribution in [0.15, 0.2) is 36.1 Å². The van der Waals surface area contributed by atoms with Crippen molar-refractivity contribution >= 4 is 48.9 Å².